The molecule has 0 N–H and O–H groups in total. The topological polar surface area (TPSA) is 49.2 Å². The monoisotopic (exact) mass is 291 g/mol. The third-order valence-corrected chi connectivity index (χ3v) is 4.62. The summed E-state index contributed by atoms with van der Waals surface area (Å²) in [6.45, 7) is 9.61. The molecule has 0 radical (unpaired) electrons. The molecule has 1 aromatic heterocycles. The van der Waals surface area contributed by atoms with E-state index in [0.29, 0.717) is 22.1 Å². The molecular weight excluding hydrogens is 272 g/mol. The summed E-state index contributed by atoms with van der Waals surface area (Å²) in [7, 11) is 1.07. The van der Waals surface area contributed by atoms with E-state index < -0.39 is 18.3 Å². The Morgan fingerprint density at radius 3 is 2.33 bits per heavy atom. The van der Waals surface area contributed by atoms with Crippen molar-refractivity contribution in [2.24, 2.45) is 7.05 Å². The lowest BCUT2D eigenvalue weighted by molar-refractivity contribution is 0.00578. The summed E-state index contributed by atoms with van der Waals surface area (Å²) >= 11 is 0. The van der Waals surface area contributed by atoms with Crippen molar-refractivity contribution in [3.05, 3.63) is 17.4 Å². The highest BCUT2D eigenvalue weighted by Gasteiger charge is 2.52. The average Bonchev–Trinajstić information content (AvgIpc) is 2.82. The summed E-state index contributed by atoms with van der Waals surface area (Å²) in [5, 5.41) is 7.85. The summed E-state index contributed by atoms with van der Waals surface area (Å²) < 4.78 is 28.0. The van der Waals surface area contributed by atoms with Gasteiger partial charge in [0.15, 0.2) is 5.82 Å². The minimum absolute atomic E-state index is 0.329. The van der Waals surface area contributed by atoms with Gasteiger partial charge in [0.2, 0.25) is 0 Å². The second kappa shape index (κ2) is 4.27. The predicted molar refractivity (Wildman–Crippen MR) is 78.9 cm³/mol. The molecule has 0 spiro atoms. The first-order valence-corrected chi connectivity index (χ1v) is 6.98. The van der Waals surface area contributed by atoms with Gasteiger partial charge in [0.05, 0.1) is 11.2 Å². The Labute approximate surface area is 123 Å². The van der Waals surface area contributed by atoms with E-state index in [0.717, 1.165) is 0 Å². The number of aromatic nitrogens is 3. The predicted octanol–water partition coefficient (Wildman–Crippen LogP) is 1.72. The van der Waals surface area contributed by atoms with Gasteiger partial charge in [-0.15, -0.1) is 5.10 Å². The van der Waals surface area contributed by atoms with E-state index >= 15 is 0 Å². The van der Waals surface area contributed by atoms with Crippen LogP contribution in [0.3, 0.4) is 0 Å². The van der Waals surface area contributed by atoms with E-state index in [4.69, 9.17) is 9.31 Å². The Morgan fingerprint density at radius 1 is 1.19 bits per heavy atom. The number of aryl methyl sites for hydroxylation is 1. The SMILES string of the molecule is Cc1c(B2OC(C)(C)C(C)(C)O2)cc2nnn(C)c2c1F. The van der Waals surface area contributed by atoms with E-state index in [1.165, 1.54) is 4.68 Å². The van der Waals surface area contributed by atoms with Crippen LogP contribution in [0.25, 0.3) is 11.0 Å². The highest BCUT2D eigenvalue weighted by molar-refractivity contribution is 6.63. The normalized spacial score (nSPS) is 20.4. The zero-order valence-corrected chi connectivity index (χ0v) is 13.2. The molecule has 0 amide bonds. The van der Waals surface area contributed by atoms with Crippen molar-refractivity contribution in [3.63, 3.8) is 0 Å². The Kier molecular flexibility index (Phi) is 2.94. The molecule has 112 valence electrons. The van der Waals surface area contributed by atoms with Gasteiger partial charge < -0.3 is 9.31 Å². The van der Waals surface area contributed by atoms with E-state index in [1.807, 2.05) is 27.7 Å². The van der Waals surface area contributed by atoms with Gasteiger partial charge in [0, 0.05) is 7.05 Å². The molecule has 1 fully saturated rings. The molecule has 2 aromatic rings. The number of hydrogen-bond acceptors (Lipinski definition) is 4. The van der Waals surface area contributed by atoms with Crippen molar-refractivity contribution >= 4 is 23.6 Å². The molecule has 0 unspecified atom stereocenters. The van der Waals surface area contributed by atoms with Gasteiger partial charge in [0.25, 0.3) is 0 Å². The highest BCUT2D eigenvalue weighted by Crippen LogP contribution is 2.37. The van der Waals surface area contributed by atoms with Gasteiger partial charge in [-0.3, -0.25) is 0 Å². The Hall–Kier alpha value is -1.47. The number of fused-ring (bicyclic) bond motifs is 1. The molecule has 1 saturated heterocycles. The van der Waals surface area contributed by atoms with Gasteiger partial charge in [0.1, 0.15) is 11.0 Å². The number of benzene rings is 1. The van der Waals surface area contributed by atoms with Crippen LogP contribution >= 0.6 is 0 Å². The quantitative estimate of drug-likeness (QED) is 0.751. The fraction of sp³-hybridized carbons (Fsp3) is 0.571. The number of rotatable bonds is 1. The van der Waals surface area contributed by atoms with Crippen molar-refractivity contribution in [1.82, 2.24) is 15.0 Å². The van der Waals surface area contributed by atoms with Crippen LogP contribution in [-0.2, 0) is 16.4 Å². The van der Waals surface area contributed by atoms with Crippen molar-refractivity contribution in [3.8, 4) is 0 Å². The number of nitrogens with zero attached hydrogens (tertiary/aromatic N) is 3. The maximum atomic E-state index is 14.6. The molecule has 7 heteroatoms. The fourth-order valence-electron chi connectivity index (χ4n) is 2.50. The Bertz CT molecular complexity index is 711. The van der Waals surface area contributed by atoms with Crippen LogP contribution in [0.4, 0.5) is 4.39 Å². The van der Waals surface area contributed by atoms with Crippen LogP contribution in [-0.4, -0.2) is 33.3 Å². The van der Waals surface area contributed by atoms with Crippen LogP contribution < -0.4 is 5.46 Å². The molecule has 2 heterocycles. The largest absolute Gasteiger partial charge is 0.495 e. The second-order valence-corrected chi connectivity index (χ2v) is 6.57. The molecule has 1 aliphatic rings. The van der Waals surface area contributed by atoms with Crippen molar-refractivity contribution < 1.29 is 13.7 Å². The van der Waals surface area contributed by atoms with Crippen molar-refractivity contribution in [2.75, 3.05) is 0 Å². The van der Waals surface area contributed by atoms with Gasteiger partial charge in [-0.2, -0.15) is 0 Å². The first-order valence-electron chi connectivity index (χ1n) is 6.98. The van der Waals surface area contributed by atoms with Gasteiger partial charge in [-0.05, 0) is 51.7 Å². The second-order valence-electron chi connectivity index (χ2n) is 6.57. The summed E-state index contributed by atoms with van der Waals surface area (Å²) in [6, 6.07) is 1.79. The molecule has 5 nitrogen and oxygen atoms in total. The molecule has 0 aliphatic carbocycles. The molecule has 21 heavy (non-hydrogen) atoms. The maximum Gasteiger partial charge on any atom is 0.495 e. The summed E-state index contributed by atoms with van der Waals surface area (Å²) in [6.07, 6.45) is 0. The smallest absolute Gasteiger partial charge is 0.399 e. The molecule has 0 saturated carbocycles. The minimum Gasteiger partial charge on any atom is -0.399 e. The van der Waals surface area contributed by atoms with E-state index in [1.54, 1.807) is 20.0 Å². The molecule has 3 rings (SSSR count). The van der Waals surface area contributed by atoms with Gasteiger partial charge >= 0.3 is 7.12 Å². The third-order valence-electron chi connectivity index (χ3n) is 4.62. The zero-order chi connectivity index (χ0) is 15.6. The Morgan fingerprint density at radius 2 is 1.76 bits per heavy atom. The molecule has 0 bridgehead atoms. The lowest BCUT2D eigenvalue weighted by Crippen LogP contribution is -2.41. The molecule has 0 atom stereocenters. The number of hydrogen-bond donors (Lipinski definition) is 0. The molecule has 1 aromatic carbocycles. The van der Waals surface area contributed by atoms with E-state index in [2.05, 4.69) is 10.3 Å². The first-order chi connectivity index (χ1) is 9.64. The molecular formula is C14H19BFN3O2. The van der Waals surface area contributed by atoms with Gasteiger partial charge in [-0.25, -0.2) is 9.07 Å². The van der Waals surface area contributed by atoms with Crippen LogP contribution in [0, 0.1) is 12.7 Å². The first kappa shape index (κ1) is 14.5. The van der Waals surface area contributed by atoms with Crippen molar-refractivity contribution in [2.45, 2.75) is 45.8 Å². The fourth-order valence-corrected chi connectivity index (χ4v) is 2.50. The lowest BCUT2D eigenvalue weighted by atomic mass is 9.76. The number of halogens is 1. The van der Waals surface area contributed by atoms with Crippen LogP contribution in [0.2, 0.25) is 0 Å². The summed E-state index contributed by atoms with van der Waals surface area (Å²) in [4.78, 5) is 0. The van der Waals surface area contributed by atoms with Crippen LogP contribution in [0.1, 0.15) is 33.3 Å². The van der Waals surface area contributed by atoms with E-state index in [-0.39, 0.29) is 5.82 Å². The standard InChI is InChI=1S/C14H19BFN3O2/c1-8-9(15-20-13(2,3)14(4,5)21-15)7-10-12(11(8)16)19(6)18-17-10/h7H,1-6H3. The summed E-state index contributed by atoms with van der Waals surface area (Å²) in [5.41, 5.74) is 1.15. The van der Waals surface area contributed by atoms with E-state index in [9.17, 15) is 4.39 Å². The van der Waals surface area contributed by atoms with Crippen LogP contribution in [0.5, 0.6) is 0 Å². The highest BCUT2D eigenvalue weighted by atomic mass is 19.1. The summed E-state index contributed by atoms with van der Waals surface area (Å²) in [5.74, 6) is -0.329. The molecule has 1 aliphatic heterocycles. The third kappa shape index (κ3) is 1.98. The maximum absolute atomic E-state index is 14.6. The zero-order valence-electron chi connectivity index (χ0n) is 13.2. The van der Waals surface area contributed by atoms with Crippen LogP contribution in [0.15, 0.2) is 6.07 Å². The average molecular weight is 291 g/mol. The minimum atomic E-state index is -0.601. The van der Waals surface area contributed by atoms with Crippen molar-refractivity contribution in [1.29, 1.82) is 0 Å². The van der Waals surface area contributed by atoms with Gasteiger partial charge in [-0.1, -0.05) is 5.21 Å². The lowest BCUT2D eigenvalue weighted by Gasteiger charge is -2.32. The Balaban J connectivity index is 2.13.